The van der Waals surface area contributed by atoms with Gasteiger partial charge in [-0.15, -0.1) is 0 Å². The predicted octanol–water partition coefficient (Wildman–Crippen LogP) is 2.88. The highest BCUT2D eigenvalue weighted by Gasteiger charge is 2.54. The maximum atomic E-state index is 13.7. The van der Waals surface area contributed by atoms with E-state index in [4.69, 9.17) is 0 Å². The van der Waals surface area contributed by atoms with Crippen LogP contribution in [0, 0.1) is 5.41 Å². The molecular formula is C12H15BF2N2O. The minimum Gasteiger partial charge on any atom is -0.580 e. The van der Waals surface area contributed by atoms with Crippen molar-refractivity contribution >= 4 is 19.2 Å². The fourth-order valence-corrected chi connectivity index (χ4v) is 1.60. The zero-order chi connectivity index (χ0) is 13.4. The first-order chi connectivity index (χ1) is 8.28. The topological polar surface area (TPSA) is 24.6 Å². The molecule has 1 heterocycles. The maximum absolute atomic E-state index is 13.7. The van der Waals surface area contributed by atoms with Gasteiger partial charge in [-0.25, -0.2) is 0 Å². The number of hydrazone groups is 1. The van der Waals surface area contributed by atoms with Crippen molar-refractivity contribution in [2.75, 3.05) is 0 Å². The number of nitrogens with zero attached hydrogens (tertiary/aromatic N) is 2. The summed E-state index contributed by atoms with van der Waals surface area (Å²) >= 11 is 0. The molecule has 18 heavy (non-hydrogen) atoms. The van der Waals surface area contributed by atoms with E-state index in [1.54, 1.807) is 30.3 Å². The van der Waals surface area contributed by atoms with Crippen molar-refractivity contribution in [3.8, 4) is 0 Å². The molecule has 0 bridgehead atoms. The molecule has 3 nitrogen and oxygen atoms in total. The van der Waals surface area contributed by atoms with Crippen LogP contribution in [0.15, 0.2) is 35.4 Å². The Hall–Kier alpha value is -1.72. The molecule has 0 unspecified atom stereocenters. The quantitative estimate of drug-likeness (QED) is 0.705. The van der Waals surface area contributed by atoms with Crippen molar-refractivity contribution in [2.45, 2.75) is 20.8 Å². The van der Waals surface area contributed by atoms with Crippen LogP contribution in [0.4, 0.5) is 8.63 Å². The Balaban J connectivity index is 2.38. The largest absolute Gasteiger partial charge is 0.859 e. The van der Waals surface area contributed by atoms with E-state index < -0.39 is 12.5 Å². The van der Waals surface area contributed by atoms with Gasteiger partial charge in [0.05, 0.1) is 0 Å². The minimum atomic E-state index is -4.12. The van der Waals surface area contributed by atoms with Gasteiger partial charge in [-0.2, -0.15) is 4.60 Å². The molecule has 2 rings (SSSR count). The molecule has 0 radical (unpaired) electrons. The lowest BCUT2D eigenvalue weighted by atomic mass is 9.97. The summed E-state index contributed by atoms with van der Waals surface area (Å²) in [6.07, 6.45) is 1.38. The first-order valence-corrected chi connectivity index (χ1v) is 5.77. The lowest BCUT2D eigenvalue weighted by Gasteiger charge is -2.13. The molecule has 0 saturated carbocycles. The van der Waals surface area contributed by atoms with Crippen LogP contribution in [-0.4, -0.2) is 23.7 Å². The summed E-state index contributed by atoms with van der Waals surface area (Å²) in [6.45, 7) is 5.49. The third-order valence-corrected chi connectivity index (χ3v) is 2.31. The Labute approximate surface area is 105 Å². The number of hydrogen-bond acceptors (Lipinski definition) is 2. The Kier molecular flexibility index (Phi) is 2.96. The van der Waals surface area contributed by atoms with Crippen molar-refractivity contribution in [1.29, 1.82) is 0 Å². The predicted molar refractivity (Wildman–Crippen MR) is 67.8 cm³/mol. The van der Waals surface area contributed by atoms with Crippen LogP contribution in [0.3, 0.4) is 0 Å². The fourth-order valence-electron chi connectivity index (χ4n) is 1.60. The molecule has 1 aromatic rings. The Morgan fingerprint density at radius 2 is 1.83 bits per heavy atom. The van der Waals surface area contributed by atoms with Gasteiger partial charge in [0.15, 0.2) is 0 Å². The van der Waals surface area contributed by atoms with E-state index in [0.717, 1.165) is 0 Å². The van der Waals surface area contributed by atoms with Crippen LogP contribution in [0.25, 0.3) is 0 Å². The molecule has 1 aromatic carbocycles. The molecule has 0 fully saturated rings. The summed E-state index contributed by atoms with van der Waals surface area (Å²) in [5, 5.41) is 3.85. The number of hydrogen-bond donors (Lipinski definition) is 0. The molecule has 0 saturated heterocycles. The van der Waals surface area contributed by atoms with Gasteiger partial charge in [0.25, 0.3) is 0 Å². The van der Waals surface area contributed by atoms with E-state index in [1.807, 2.05) is 20.8 Å². The van der Waals surface area contributed by atoms with E-state index in [9.17, 15) is 8.63 Å². The molecule has 0 spiro atoms. The summed E-state index contributed by atoms with van der Waals surface area (Å²) in [6, 6.07) is 8.68. The van der Waals surface area contributed by atoms with Crippen LogP contribution in [0.5, 0.6) is 0 Å². The standard InChI is InChI=1S/C12H15BF2N2O/c1-12(2,3)9-17-13(14,15)18-11(16-17)10-7-5-4-6-8-10/h4-9H,1-3H3/b17-9+. The summed E-state index contributed by atoms with van der Waals surface area (Å²) in [7, 11) is -4.12. The summed E-state index contributed by atoms with van der Waals surface area (Å²) in [5.41, 5.74) is 0.147. The molecule has 0 aromatic heterocycles. The smallest absolute Gasteiger partial charge is 0.580 e. The first-order valence-electron chi connectivity index (χ1n) is 5.77. The second kappa shape index (κ2) is 4.19. The summed E-state index contributed by atoms with van der Waals surface area (Å²) in [5.74, 6) is -0.0406. The van der Waals surface area contributed by atoms with E-state index in [1.165, 1.54) is 6.21 Å². The van der Waals surface area contributed by atoms with Crippen LogP contribution in [-0.2, 0) is 4.65 Å². The van der Waals surface area contributed by atoms with Crippen LogP contribution in [0.1, 0.15) is 26.3 Å². The molecule has 0 aliphatic carbocycles. The van der Waals surface area contributed by atoms with E-state index in [-0.39, 0.29) is 5.90 Å². The van der Waals surface area contributed by atoms with Crippen molar-refractivity contribution in [2.24, 2.45) is 10.5 Å². The van der Waals surface area contributed by atoms with E-state index in [0.29, 0.717) is 10.2 Å². The highest BCUT2D eigenvalue weighted by molar-refractivity contribution is 6.54. The second-order valence-electron chi connectivity index (χ2n) is 5.33. The fraction of sp³-hybridized carbons (Fsp3) is 0.333. The maximum Gasteiger partial charge on any atom is 0.859 e. The number of benzene rings is 1. The molecule has 1 aliphatic rings. The Morgan fingerprint density at radius 3 is 2.39 bits per heavy atom. The van der Waals surface area contributed by atoms with Gasteiger partial charge in [-0.05, 0) is 17.2 Å². The normalized spacial score (nSPS) is 20.7. The van der Waals surface area contributed by atoms with Crippen molar-refractivity contribution in [1.82, 2.24) is 0 Å². The van der Waals surface area contributed by atoms with Gasteiger partial charge in [0.1, 0.15) is 6.21 Å². The van der Waals surface area contributed by atoms with Gasteiger partial charge >= 0.3 is 7.04 Å². The van der Waals surface area contributed by atoms with Gasteiger partial charge in [-0.1, -0.05) is 39.0 Å². The Bertz CT molecular complexity index is 507. The monoisotopic (exact) mass is 252 g/mol. The highest BCUT2D eigenvalue weighted by atomic mass is 19.3. The third kappa shape index (κ3) is 2.75. The van der Waals surface area contributed by atoms with Crippen LogP contribution >= 0.6 is 0 Å². The third-order valence-electron chi connectivity index (χ3n) is 2.31. The average Bonchev–Trinajstić information content (AvgIpc) is 2.54. The van der Waals surface area contributed by atoms with Gasteiger partial charge in [0.2, 0.25) is 5.90 Å². The summed E-state index contributed by atoms with van der Waals surface area (Å²) in [4.78, 5) is 0. The lowest BCUT2D eigenvalue weighted by Crippen LogP contribution is -2.38. The van der Waals surface area contributed by atoms with Gasteiger partial charge in [-0.3, -0.25) is 0 Å². The van der Waals surface area contributed by atoms with Gasteiger partial charge in [0, 0.05) is 11.0 Å². The second-order valence-corrected chi connectivity index (χ2v) is 5.33. The molecule has 1 aliphatic heterocycles. The lowest BCUT2D eigenvalue weighted by molar-refractivity contribution is -0.430. The number of halogens is 2. The highest BCUT2D eigenvalue weighted by Crippen LogP contribution is 2.23. The zero-order valence-corrected chi connectivity index (χ0v) is 10.6. The Morgan fingerprint density at radius 1 is 1.22 bits per heavy atom. The number of rotatable bonds is 1. The van der Waals surface area contributed by atoms with E-state index in [2.05, 4.69) is 9.76 Å². The van der Waals surface area contributed by atoms with Crippen LogP contribution < -0.4 is 0 Å². The molecular weight excluding hydrogens is 237 g/mol. The zero-order valence-electron chi connectivity index (χ0n) is 10.6. The minimum absolute atomic E-state index is 0.0406. The van der Waals surface area contributed by atoms with E-state index >= 15 is 0 Å². The molecule has 0 atom stereocenters. The van der Waals surface area contributed by atoms with Crippen LogP contribution in [0.2, 0.25) is 0 Å². The molecule has 0 amide bonds. The molecule has 96 valence electrons. The SMILES string of the molecule is CC(C)(C)/C=[N+]1/N=C(c2ccccc2)O[B-]1(F)F. The molecule has 0 N–H and O–H groups in total. The first kappa shape index (κ1) is 12.7. The summed E-state index contributed by atoms with van der Waals surface area (Å²) < 4.78 is 32.7. The van der Waals surface area contributed by atoms with Crippen molar-refractivity contribution in [3.63, 3.8) is 0 Å². The average molecular weight is 252 g/mol. The van der Waals surface area contributed by atoms with Crippen molar-refractivity contribution < 1.29 is 17.9 Å². The molecule has 6 heteroatoms. The van der Waals surface area contributed by atoms with Crippen molar-refractivity contribution in [3.05, 3.63) is 35.9 Å². The van der Waals surface area contributed by atoms with Gasteiger partial charge < -0.3 is 13.3 Å².